The van der Waals surface area contributed by atoms with Crippen molar-refractivity contribution >= 4 is 23.2 Å². The maximum atomic E-state index is 13.1. The number of nitriles is 1. The SMILES string of the molecule is Cn1cc(Nc2nccc(C3=CC4CCC(C3)N4C(=O)N3CCC(C#N)C3)n2)cn1. The number of amides is 2. The van der Waals surface area contributed by atoms with Crippen molar-refractivity contribution in [1.29, 1.82) is 5.26 Å². The molecule has 3 atom stereocenters. The van der Waals surface area contributed by atoms with Gasteiger partial charge in [0.2, 0.25) is 5.95 Å². The number of urea groups is 1. The molecule has 154 valence electrons. The summed E-state index contributed by atoms with van der Waals surface area (Å²) in [6.45, 7) is 1.23. The first-order valence-corrected chi connectivity index (χ1v) is 10.4. The van der Waals surface area contributed by atoms with Crippen molar-refractivity contribution in [1.82, 2.24) is 29.5 Å². The lowest BCUT2D eigenvalue weighted by molar-refractivity contribution is 0.145. The fourth-order valence-electron chi connectivity index (χ4n) is 4.73. The molecule has 2 fully saturated rings. The molecule has 5 rings (SSSR count). The van der Waals surface area contributed by atoms with E-state index in [0.717, 1.165) is 37.1 Å². The zero-order valence-electron chi connectivity index (χ0n) is 16.9. The Hall–Kier alpha value is -3.41. The van der Waals surface area contributed by atoms with Crippen LogP contribution in [-0.2, 0) is 7.05 Å². The molecule has 0 radical (unpaired) electrons. The minimum atomic E-state index is -0.0331. The summed E-state index contributed by atoms with van der Waals surface area (Å²) < 4.78 is 1.72. The normalized spacial score (nSPS) is 25.2. The molecule has 2 aromatic rings. The van der Waals surface area contributed by atoms with Crippen molar-refractivity contribution in [2.24, 2.45) is 13.0 Å². The molecule has 0 aromatic carbocycles. The van der Waals surface area contributed by atoms with Crippen LogP contribution in [0.4, 0.5) is 16.4 Å². The Kier molecular flexibility index (Phi) is 4.62. The summed E-state index contributed by atoms with van der Waals surface area (Å²) in [5.41, 5.74) is 2.90. The minimum absolute atomic E-state index is 0.0331. The number of fused-ring (bicyclic) bond motifs is 2. The predicted octanol–water partition coefficient (Wildman–Crippen LogP) is 2.54. The molecule has 9 heteroatoms. The van der Waals surface area contributed by atoms with Crippen molar-refractivity contribution in [3.8, 4) is 6.07 Å². The Balaban J connectivity index is 1.33. The van der Waals surface area contributed by atoms with E-state index in [0.29, 0.717) is 19.0 Å². The molecule has 1 N–H and O–H groups in total. The molecule has 9 nitrogen and oxygen atoms in total. The van der Waals surface area contributed by atoms with E-state index in [1.54, 1.807) is 17.1 Å². The van der Waals surface area contributed by atoms with Gasteiger partial charge in [-0.25, -0.2) is 14.8 Å². The highest BCUT2D eigenvalue weighted by molar-refractivity contribution is 5.79. The summed E-state index contributed by atoms with van der Waals surface area (Å²) in [5, 5.41) is 16.5. The smallest absolute Gasteiger partial charge is 0.320 e. The van der Waals surface area contributed by atoms with Crippen molar-refractivity contribution in [2.75, 3.05) is 18.4 Å². The van der Waals surface area contributed by atoms with E-state index in [1.165, 1.54) is 5.57 Å². The van der Waals surface area contributed by atoms with Gasteiger partial charge in [0.05, 0.1) is 35.6 Å². The number of hydrogen-bond donors (Lipinski definition) is 1. The van der Waals surface area contributed by atoms with Crippen molar-refractivity contribution < 1.29 is 4.79 Å². The van der Waals surface area contributed by atoms with E-state index in [1.807, 2.05) is 29.1 Å². The predicted molar refractivity (Wildman–Crippen MR) is 110 cm³/mol. The number of hydrogen-bond acceptors (Lipinski definition) is 6. The van der Waals surface area contributed by atoms with Gasteiger partial charge in [0, 0.05) is 38.6 Å². The zero-order chi connectivity index (χ0) is 20.7. The number of nitrogens with one attached hydrogen (secondary N) is 1. The first-order valence-electron chi connectivity index (χ1n) is 10.4. The number of carbonyl (C=O) groups is 1. The lowest BCUT2D eigenvalue weighted by Crippen LogP contribution is -2.49. The summed E-state index contributed by atoms with van der Waals surface area (Å²) in [7, 11) is 1.86. The van der Waals surface area contributed by atoms with E-state index >= 15 is 0 Å². The lowest BCUT2D eigenvalue weighted by Gasteiger charge is -2.36. The number of carbonyl (C=O) groups excluding carboxylic acids is 1. The molecule has 2 amide bonds. The van der Waals surface area contributed by atoms with Crippen LogP contribution in [0.1, 0.15) is 31.4 Å². The molecule has 5 heterocycles. The summed E-state index contributed by atoms with van der Waals surface area (Å²) in [6.07, 6.45) is 11.1. The van der Waals surface area contributed by atoms with E-state index in [2.05, 4.69) is 32.5 Å². The second kappa shape index (κ2) is 7.44. The zero-order valence-corrected chi connectivity index (χ0v) is 16.9. The fourth-order valence-corrected chi connectivity index (χ4v) is 4.73. The van der Waals surface area contributed by atoms with Crippen LogP contribution < -0.4 is 5.32 Å². The van der Waals surface area contributed by atoms with Crippen LogP contribution in [0.5, 0.6) is 0 Å². The molecule has 3 aliphatic rings. The third-order valence-corrected chi connectivity index (χ3v) is 6.20. The molecule has 3 unspecified atom stereocenters. The van der Waals surface area contributed by atoms with Gasteiger partial charge in [-0.05, 0) is 37.3 Å². The number of rotatable bonds is 3. The molecule has 2 saturated heterocycles. The second-order valence-electron chi connectivity index (χ2n) is 8.24. The fraction of sp³-hybridized carbons (Fsp3) is 0.476. The average Bonchev–Trinajstić information content (AvgIpc) is 3.46. The molecule has 3 aliphatic heterocycles. The van der Waals surface area contributed by atoms with Crippen molar-refractivity contribution in [2.45, 2.75) is 37.8 Å². The third-order valence-electron chi connectivity index (χ3n) is 6.20. The Labute approximate surface area is 175 Å². The molecule has 30 heavy (non-hydrogen) atoms. The second-order valence-corrected chi connectivity index (χ2v) is 8.24. The molecular weight excluding hydrogens is 380 g/mol. The maximum Gasteiger partial charge on any atom is 0.320 e. The van der Waals surface area contributed by atoms with Crippen LogP contribution in [0.25, 0.3) is 5.57 Å². The summed E-state index contributed by atoms with van der Waals surface area (Å²) in [6, 6.07) is 4.58. The van der Waals surface area contributed by atoms with Gasteiger partial charge in [-0.1, -0.05) is 6.08 Å². The van der Waals surface area contributed by atoms with Gasteiger partial charge in [0.15, 0.2) is 0 Å². The number of aromatic nitrogens is 4. The molecule has 2 aromatic heterocycles. The highest BCUT2D eigenvalue weighted by Crippen LogP contribution is 2.39. The van der Waals surface area contributed by atoms with Crippen LogP contribution in [0.2, 0.25) is 0 Å². The van der Waals surface area contributed by atoms with Gasteiger partial charge in [-0.3, -0.25) is 4.68 Å². The van der Waals surface area contributed by atoms with E-state index < -0.39 is 0 Å². The third kappa shape index (κ3) is 3.38. The van der Waals surface area contributed by atoms with Gasteiger partial charge >= 0.3 is 6.03 Å². The topological polar surface area (TPSA) is 103 Å². The Morgan fingerprint density at radius 2 is 2.23 bits per heavy atom. The van der Waals surface area contributed by atoms with E-state index in [4.69, 9.17) is 5.26 Å². The first kappa shape index (κ1) is 18.6. The van der Waals surface area contributed by atoms with Crippen LogP contribution in [0.15, 0.2) is 30.7 Å². The molecule has 0 spiro atoms. The summed E-state index contributed by atoms with van der Waals surface area (Å²) in [5.74, 6) is 0.501. The van der Waals surface area contributed by atoms with Crippen molar-refractivity contribution in [3.63, 3.8) is 0 Å². The Bertz CT molecular complexity index is 1040. The van der Waals surface area contributed by atoms with Gasteiger partial charge in [0.25, 0.3) is 0 Å². The molecular formula is C21H24N8O. The number of likely N-dealkylation sites (tertiary alicyclic amines) is 1. The average molecular weight is 404 g/mol. The van der Waals surface area contributed by atoms with Crippen LogP contribution in [-0.4, -0.2) is 60.8 Å². The van der Waals surface area contributed by atoms with Crippen LogP contribution in [0.3, 0.4) is 0 Å². The number of anilines is 2. The summed E-state index contributed by atoms with van der Waals surface area (Å²) in [4.78, 5) is 26.0. The highest BCUT2D eigenvalue weighted by atomic mass is 16.2. The largest absolute Gasteiger partial charge is 0.323 e. The Morgan fingerprint density at radius 3 is 2.97 bits per heavy atom. The minimum Gasteiger partial charge on any atom is -0.323 e. The number of nitrogens with zero attached hydrogens (tertiary/aromatic N) is 7. The molecule has 0 aliphatic carbocycles. The highest BCUT2D eigenvalue weighted by Gasteiger charge is 2.42. The van der Waals surface area contributed by atoms with Gasteiger partial charge in [-0.15, -0.1) is 0 Å². The van der Waals surface area contributed by atoms with Crippen LogP contribution in [0, 0.1) is 17.2 Å². The Morgan fingerprint density at radius 1 is 1.33 bits per heavy atom. The maximum absolute atomic E-state index is 13.1. The van der Waals surface area contributed by atoms with Crippen LogP contribution >= 0.6 is 0 Å². The van der Waals surface area contributed by atoms with E-state index in [9.17, 15) is 4.79 Å². The molecule has 2 bridgehead atoms. The summed E-state index contributed by atoms with van der Waals surface area (Å²) >= 11 is 0. The lowest BCUT2D eigenvalue weighted by atomic mass is 9.98. The molecule has 0 saturated carbocycles. The van der Waals surface area contributed by atoms with Gasteiger partial charge in [0.1, 0.15) is 0 Å². The first-order chi connectivity index (χ1) is 14.6. The monoisotopic (exact) mass is 404 g/mol. The van der Waals surface area contributed by atoms with Crippen molar-refractivity contribution in [3.05, 3.63) is 36.4 Å². The quantitative estimate of drug-likeness (QED) is 0.843. The standard InChI is InChI=1S/C21H24N8O/c1-27-13-16(11-24-27)25-20-23-6-4-19(26-20)15-8-17-2-3-18(9-15)29(17)21(30)28-7-5-14(10-22)12-28/h4,6,8,11,13-14,17-18H,2-3,5,7,9,12H2,1H3,(H,23,25,26). The van der Waals surface area contributed by atoms with E-state index in [-0.39, 0.29) is 24.0 Å². The van der Waals surface area contributed by atoms with Gasteiger partial charge in [-0.2, -0.15) is 10.4 Å². The van der Waals surface area contributed by atoms with Gasteiger partial charge < -0.3 is 15.1 Å². The number of aryl methyl sites for hydroxylation is 1.